The van der Waals surface area contributed by atoms with E-state index in [2.05, 4.69) is 5.32 Å². The van der Waals surface area contributed by atoms with Gasteiger partial charge in [-0.05, 0) is 25.1 Å². The van der Waals surface area contributed by atoms with E-state index in [0.717, 1.165) is 0 Å². The zero-order valence-electron chi connectivity index (χ0n) is 8.69. The lowest BCUT2D eigenvalue weighted by molar-refractivity contribution is -0.207. The van der Waals surface area contributed by atoms with Gasteiger partial charge >= 0.3 is 6.18 Å². The predicted octanol–water partition coefficient (Wildman–Crippen LogP) is 3.06. The van der Waals surface area contributed by atoms with E-state index < -0.39 is 11.7 Å². The second kappa shape index (κ2) is 4.26. The van der Waals surface area contributed by atoms with Crippen LogP contribution in [0.25, 0.3) is 0 Å². The lowest BCUT2D eigenvalue weighted by atomic mass is 9.92. The highest BCUT2D eigenvalue weighted by Gasteiger charge is 2.56. The molecule has 0 spiro atoms. The van der Waals surface area contributed by atoms with Crippen LogP contribution in [0.3, 0.4) is 0 Å². The Morgan fingerprint density at radius 2 is 2.00 bits per heavy atom. The molecule has 1 atom stereocenters. The Morgan fingerprint density at radius 3 is 2.33 bits per heavy atom. The molecule has 0 saturated heterocycles. The van der Waals surface area contributed by atoms with Gasteiger partial charge in [0.2, 0.25) is 0 Å². The van der Waals surface area contributed by atoms with E-state index >= 15 is 0 Å². The van der Waals surface area contributed by atoms with Crippen molar-refractivity contribution in [1.29, 1.82) is 0 Å². The minimum Gasteiger partial charge on any atom is -0.467 e. The van der Waals surface area contributed by atoms with Crippen molar-refractivity contribution < 1.29 is 17.6 Å². The number of alkyl halides is 3. The van der Waals surface area contributed by atoms with Crippen LogP contribution >= 0.6 is 0 Å². The van der Waals surface area contributed by atoms with Crippen molar-refractivity contribution >= 4 is 0 Å². The van der Waals surface area contributed by atoms with Gasteiger partial charge in [-0.2, -0.15) is 13.2 Å². The first-order chi connectivity index (χ1) is 6.98. The first-order valence-corrected chi connectivity index (χ1v) is 4.83. The van der Waals surface area contributed by atoms with Crippen LogP contribution in [0.1, 0.15) is 26.0 Å². The first kappa shape index (κ1) is 12.1. The molecule has 0 saturated carbocycles. The van der Waals surface area contributed by atoms with Crippen LogP contribution in [-0.2, 0) is 5.54 Å². The van der Waals surface area contributed by atoms with Gasteiger partial charge < -0.3 is 4.42 Å². The molecule has 0 fully saturated rings. The van der Waals surface area contributed by atoms with Gasteiger partial charge in [0.15, 0.2) is 5.54 Å². The summed E-state index contributed by atoms with van der Waals surface area (Å²) in [6, 6.07) is 2.81. The summed E-state index contributed by atoms with van der Waals surface area (Å²) >= 11 is 0. The van der Waals surface area contributed by atoms with Gasteiger partial charge in [0.25, 0.3) is 0 Å². The van der Waals surface area contributed by atoms with Gasteiger partial charge in [-0.15, -0.1) is 0 Å². The summed E-state index contributed by atoms with van der Waals surface area (Å²) < 4.78 is 43.9. The van der Waals surface area contributed by atoms with Crippen LogP contribution < -0.4 is 5.32 Å². The number of nitrogens with one attached hydrogen (secondary N) is 1. The van der Waals surface area contributed by atoms with Gasteiger partial charge in [0.05, 0.1) is 6.26 Å². The molecule has 1 unspecified atom stereocenters. The fourth-order valence-electron chi connectivity index (χ4n) is 1.65. The van der Waals surface area contributed by atoms with Crippen LogP contribution in [0.4, 0.5) is 13.2 Å². The van der Waals surface area contributed by atoms with Crippen molar-refractivity contribution in [3.05, 3.63) is 24.2 Å². The van der Waals surface area contributed by atoms with Crippen LogP contribution in [0.5, 0.6) is 0 Å². The third kappa shape index (κ3) is 2.02. The summed E-state index contributed by atoms with van der Waals surface area (Å²) in [5.41, 5.74) is -2.06. The van der Waals surface area contributed by atoms with Crippen molar-refractivity contribution in [1.82, 2.24) is 5.32 Å². The monoisotopic (exact) mass is 221 g/mol. The molecule has 1 rings (SSSR count). The van der Waals surface area contributed by atoms with Crippen molar-refractivity contribution in [2.75, 3.05) is 6.54 Å². The molecule has 0 aliphatic heterocycles. The maximum Gasteiger partial charge on any atom is 0.413 e. The second-order valence-electron chi connectivity index (χ2n) is 3.26. The molecule has 86 valence electrons. The molecule has 1 N–H and O–H groups in total. The molecule has 0 amide bonds. The van der Waals surface area contributed by atoms with Gasteiger partial charge in [-0.25, -0.2) is 0 Å². The van der Waals surface area contributed by atoms with E-state index in [9.17, 15) is 13.2 Å². The lowest BCUT2D eigenvalue weighted by Gasteiger charge is -2.33. The molecule has 0 radical (unpaired) electrons. The molecule has 0 bridgehead atoms. The second-order valence-corrected chi connectivity index (χ2v) is 3.26. The molecule has 0 aliphatic rings. The van der Waals surface area contributed by atoms with Crippen molar-refractivity contribution in [2.45, 2.75) is 32.0 Å². The molecule has 5 heteroatoms. The lowest BCUT2D eigenvalue weighted by Crippen LogP contribution is -2.53. The minimum atomic E-state index is -4.37. The molecule has 0 aromatic carbocycles. The third-order valence-electron chi connectivity index (χ3n) is 2.43. The van der Waals surface area contributed by atoms with Crippen molar-refractivity contribution in [3.8, 4) is 0 Å². The zero-order valence-corrected chi connectivity index (χ0v) is 8.69. The van der Waals surface area contributed by atoms with Crippen LogP contribution in [0.2, 0.25) is 0 Å². The van der Waals surface area contributed by atoms with Crippen LogP contribution in [-0.4, -0.2) is 12.7 Å². The Kier molecular flexibility index (Phi) is 3.44. The molecule has 1 aromatic heterocycles. The quantitative estimate of drug-likeness (QED) is 0.845. The molecular weight excluding hydrogens is 207 g/mol. The number of rotatable bonds is 4. The normalized spacial score (nSPS) is 16.3. The SMILES string of the molecule is CCNC(CC)(c1ccco1)C(F)(F)F. The largest absolute Gasteiger partial charge is 0.467 e. The Morgan fingerprint density at radius 1 is 1.33 bits per heavy atom. The van der Waals surface area contributed by atoms with Gasteiger partial charge in [-0.1, -0.05) is 13.8 Å². The Hall–Kier alpha value is -0.970. The number of hydrogen-bond donors (Lipinski definition) is 1. The number of halogens is 3. The Labute approximate surface area is 86.5 Å². The number of hydrogen-bond acceptors (Lipinski definition) is 2. The highest BCUT2D eigenvalue weighted by molar-refractivity contribution is 5.15. The summed E-state index contributed by atoms with van der Waals surface area (Å²) in [5, 5.41) is 2.47. The summed E-state index contributed by atoms with van der Waals surface area (Å²) in [5.74, 6) is -0.0839. The van der Waals surface area contributed by atoms with E-state index in [1.165, 1.54) is 25.3 Å². The highest BCUT2D eigenvalue weighted by atomic mass is 19.4. The number of furan rings is 1. The summed E-state index contributed by atoms with van der Waals surface area (Å²) in [4.78, 5) is 0. The van der Waals surface area contributed by atoms with Gasteiger partial charge in [-0.3, -0.25) is 5.32 Å². The van der Waals surface area contributed by atoms with Gasteiger partial charge in [0, 0.05) is 0 Å². The smallest absolute Gasteiger partial charge is 0.413 e. The zero-order chi connectivity index (χ0) is 11.5. The molecule has 15 heavy (non-hydrogen) atoms. The summed E-state index contributed by atoms with van der Waals surface area (Å²) in [6.07, 6.45) is -3.21. The van der Waals surface area contributed by atoms with Crippen LogP contribution in [0.15, 0.2) is 22.8 Å². The average molecular weight is 221 g/mol. The molecule has 2 nitrogen and oxygen atoms in total. The van der Waals surface area contributed by atoms with E-state index in [1.807, 2.05) is 0 Å². The maximum absolute atomic E-state index is 13.0. The van der Waals surface area contributed by atoms with E-state index in [-0.39, 0.29) is 18.7 Å². The topological polar surface area (TPSA) is 25.2 Å². The van der Waals surface area contributed by atoms with E-state index in [0.29, 0.717) is 0 Å². The minimum absolute atomic E-state index is 0.0839. The predicted molar refractivity (Wildman–Crippen MR) is 50.4 cm³/mol. The van der Waals surface area contributed by atoms with Gasteiger partial charge in [0.1, 0.15) is 5.76 Å². The first-order valence-electron chi connectivity index (χ1n) is 4.83. The Bertz CT molecular complexity index is 294. The van der Waals surface area contributed by atoms with E-state index in [1.54, 1.807) is 6.92 Å². The highest BCUT2D eigenvalue weighted by Crippen LogP contribution is 2.41. The standard InChI is InChI=1S/C10H14F3NO/c1-3-9(14-4-2,10(11,12)13)8-6-5-7-15-8/h5-7,14H,3-4H2,1-2H3. The molecule has 1 aromatic rings. The third-order valence-corrected chi connectivity index (χ3v) is 2.43. The maximum atomic E-state index is 13.0. The molecule has 0 aliphatic carbocycles. The Balaban J connectivity index is 3.16. The molecular formula is C10H14F3NO. The van der Waals surface area contributed by atoms with Crippen LogP contribution in [0, 0.1) is 0 Å². The van der Waals surface area contributed by atoms with Crippen molar-refractivity contribution in [3.63, 3.8) is 0 Å². The van der Waals surface area contributed by atoms with Crippen molar-refractivity contribution in [2.24, 2.45) is 0 Å². The average Bonchev–Trinajstić information content (AvgIpc) is 2.65. The fraction of sp³-hybridized carbons (Fsp3) is 0.600. The molecule has 1 heterocycles. The summed E-state index contributed by atoms with van der Waals surface area (Å²) in [7, 11) is 0. The fourth-order valence-corrected chi connectivity index (χ4v) is 1.65. The van der Waals surface area contributed by atoms with E-state index in [4.69, 9.17) is 4.42 Å². The summed E-state index contributed by atoms with van der Waals surface area (Å²) in [6.45, 7) is 3.35.